The van der Waals surface area contributed by atoms with E-state index in [4.69, 9.17) is 0 Å². The molecule has 0 aliphatic carbocycles. The van der Waals surface area contributed by atoms with E-state index in [1.807, 2.05) is 13.1 Å². The average molecular weight is 235 g/mol. The number of likely N-dealkylation sites (N-methyl/N-ethyl adjacent to an activating group) is 1. The third-order valence-electron chi connectivity index (χ3n) is 2.54. The number of hydrogen-bond donors (Lipinski definition) is 1. The van der Waals surface area contributed by atoms with Crippen LogP contribution in [0.15, 0.2) is 24.3 Å². The molecule has 1 N–H and O–H groups in total. The van der Waals surface area contributed by atoms with Crippen LogP contribution in [0.25, 0.3) is 0 Å². The van der Waals surface area contributed by atoms with Crippen molar-refractivity contribution in [2.24, 2.45) is 7.05 Å². The molecule has 0 fully saturated rings. The van der Waals surface area contributed by atoms with Crippen molar-refractivity contribution >= 4 is 0 Å². The van der Waals surface area contributed by atoms with Gasteiger partial charge in [0.25, 0.3) is 0 Å². The summed E-state index contributed by atoms with van der Waals surface area (Å²) in [6.07, 6.45) is 0.577. The van der Waals surface area contributed by atoms with Gasteiger partial charge in [-0.25, -0.2) is 4.39 Å². The van der Waals surface area contributed by atoms with E-state index in [0.29, 0.717) is 12.2 Å². The van der Waals surface area contributed by atoms with E-state index in [0.717, 1.165) is 5.56 Å². The van der Waals surface area contributed by atoms with Crippen LogP contribution in [0.1, 0.15) is 17.4 Å². The summed E-state index contributed by atoms with van der Waals surface area (Å²) in [5, 5.41) is 14.9. The first-order chi connectivity index (χ1) is 8.19. The van der Waals surface area contributed by atoms with Crippen LogP contribution in [0.4, 0.5) is 4.39 Å². The molecule has 1 aromatic heterocycles. The van der Waals surface area contributed by atoms with Crippen LogP contribution in [0.3, 0.4) is 0 Å². The summed E-state index contributed by atoms with van der Waals surface area (Å²) in [6, 6.07) is 6.49. The summed E-state index contributed by atoms with van der Waals surface area (Å²) < 4.78 is 13.1. The molecule has 0 saturated heterocycles. The minimum Gasteiger partial charge on any atom is -0.313 e. The maximum Gasteiger partial charge on any atom is 0.176 e. The van der Waals surface area contributed by atoms with Gasteiger partial charge in [-0.2, -0.15) is 4.80 Å². The van der Waals surface area contributed by atoms with Crippen LogP contribution >= 0.6 is 0 Å². The van der Waals surface area contributed by atoms with Crippen molar-refractivity contribution in [1.82, 2.24) is 25.5 Å². The van der Waals surface area contributed by atoms with Crippen LogP contribution in [0.2, 0.25) is 0 Å². The van der Waals surface area contributed by atoms with Gasteiger partial charge in [0.05, 0.1) is 7.05 Å². The Hall–Kier alpha value is -1.82. The SMILES string of the molecule is CNC(Cc1nnn(C)n1)c1cccc(F)c1. The predicted molar refractivity (Wildman–Crippen MR) is 60.7 cm³/mol. The molecule has 2 aromatic rings. The van der Waals surface area contributed by atoms with Crippen LogP contribution < -0.4 is 5.32 Å². The third kappa shape index (κ3) is 2.85. The number of hydrogen-bond acceptors (Lipinski definition) is 4. The molecular weight excluding hydrogens is 221 g/mol. The highest BCUT2D eigenvalue weighted by Crippen LogP contribution is 2.16. The normalized spacial score (nSPS) is 12.6. The van der Waals surface area contributed by atoms with Crippen LogP contribution in [-0.4, -0.2) is 27.3 Å². The van der Waals surface area contributed by atoms with Gasteiger partial charge in [0, 0.05) is 12.5 Å². The van der Waals surface area contributed by atoms with Crippen LogP contribution in [0.5, 0.6) is 0 Å². The van der Waals surface area contributed by atoms with Gasteiger partial charge in [-0.1, -0.05) is 12.1 Å². The summed E-state index contributed by atoms with van der Waals surface area (Å²) in [5.41, 5.74) is 0.875. The maximum atomic E-state index is 13.1. The van der Waals surface area contributed by atoms with Gasteiger partial charge >= 0.3 is 0 Å². The van der Waals surface area contributed by atoms with Gasteiger partial charge in [0.15, 0.2) is 5.82 Å². The number of aryl methyl sites for hydroxylation is 1. The van der Waals surface area contributed by atoms with Crippen molar-refractivity contribution in [2.45, 2.75) is 12.5 Å². The molecule has 0 saturated carbocycles. The number of nitrogens with one attached hydrogen (secondary N) is 1. The van der Waals surface area contributed by atoms with Crippen molar-refractivity contribution in [2.75, 3.05) is 7.05 Å². The first-order valence-electron chi connectivity index (χ1n) is 5.34. The molecule has 0 amide bonds. The number of rotatable bonds is 4. The van der Waals surface area contributed by atoms with Crippen LogP contribution in [0, 0.1) is 5.82 Å². The molecule has 0 radical (unpaired) electrons. The third-order valence-corrected chi connectivity index (χ3v) is 2.54. The van der Waals surface area contributed by atoms with E-state index in [2.05, 4.69) is 20.7 Å². The van der Waals surface area contributed by atoms with Crippen molar-refractivity contribution in [3.63, 3.8) is 0 Å². The lowest BCUT2D eigenvalue weighted by atomic mass is 10.0. The van der Waals surface area contributed by atoms with Gasteiger partial charge in [0.1, 0.15) is 5.82 Å². The van der Waals surface area contributed by atoms with Crippen molar-refractivity contribution in [3.8, 4) is 0 Å². The Morgan fingerprint density at radius 3 is 2.88 bits per heavy atom. The lowest BCUT2D eigenvalue weighted by Crippen LogP contribution is -2.19. The number of benzene rings is 1. The number of halogens is 1. The highest BCUT2D eigenvalue weighted by atomic mass is 19.1. The van der Waals surface area contributed by atoms with Crippen LogP contribution in [-0.2, 0) is 13.5 Å². The number of tetrazole rings is 1. The Labute approximate surface area is 98.6 Å². The predicted octanol–water partition coefficient (Wildman–Crippen LogP) is 0.852. The Kier molecular flexibility index (Phi) is 3.43. The molecule has 1 unspecified atom stereocenters. The topological polar surface area (TPSA) is 55.6 Å². The van der Waals surface area contributed by atoms with Crippen molar-refractivity contribution in [1.29, 1.82) is 0 Å². The fourth-order valence-corrected chi connectivity index (χ4v) is 1.70. The second-order valence-electron chi connectivity index (χ2n) is 3.80. The zero-order chi connectivity index (χ0) is 12.3. The molecule has 0 bridgehead atoms. The largest absolute Gasteiger partial charge is 0.313 e. The summed E-state index contributed by atoms with van der Waals surface area (Å²) in [6.45, 7) is 0. The summed E-state index contributed by atoms with van der Waals surface area (Å²) in [7, 11) is 3.54. The lowest BCUT2D eigenvalue weighted by molar-refractivity contribution is 0.561. The molecule has 0 aliphatic rings. The Morgan fingerprint density at radius 1 is 1.47 bits per heavy atom. The lowest BCUT2D eigenvalue weighted by Gasteiger charge is -2.14. The number of nitrogens with zero attached hydrogens (tertiary/aromatic N) is 4. The van der Waals surface area contributed by atoms with Crippen molar-refractivity contribution < 1.29 is 4.39 Å². The fraction of sp³-hybridized carbons (Fsp3) is 0.364. The minimum atomic E-state index is -0.241. The monoisotopic (exact) mass is 235 g/mol. The molecule has 0 aliphatic heterocycles. The van der Waals surface area contributed by atoms with Gasteiger partial charge < -0.3 is 5.32 Å². The zero-order valence-electron chi connectivity index (χ0n) is 9.76. The van der Waals surface area contributed by atoms with E-state index in [1.54, 1.807) is 13.1 Å². The fourth-order valence-electron chi connectivity index (χ4n) is 1.70. The molecule has 5 nitrogen and oxygen atoms in total. The van der Waals surface area contributed by atoms with E-state index < -0.39 is 0 Å². The summed E-state index contributed by atoms with van der Waals surface area (Å²) in [4.78, 5) is 1.41. The first-order valence-corrected chi connectivity index (χ1v) is 5.34. The molecule has 2 rings (SSSR count). The zero-order valence-corrected chi connectivity index (χ0v) is 9.76. The van der Waals surface area contributed by atoms with Gasteiger partial charge in [-0.05, 0) is 30.0 Å². The molecule has 0 spiro atoms. The van der Waals surface area contributed by atoms with E-state index in [9.17, 15) is 4.39 Å². The summed E-state index contributed by atoms with van der Waals surface area (Å²) in [5.74, 6) is 0.394. The van der Waals surface area contributed by atoms with E-state index in [-0.39, 0.29) is 11.9 Å². The standard InChI is InChI=1S/C11H14FN5/c1-13-10(7-11-14-16-17(2)15-11)8-4-3-5-9(12)6-8/h3-6,10,13H,7H2,1-2H3. The molecule has 17 heavy (non-hydrogen) atoms. The first kappa shape index (κ1) is 11.7. The Bertz CT molecular complexity index is 496. The minimum absolute atomic E-state index is 0.0186. The Balaban J connectivity index is 2.16. The smallest absolute Gasteiger partial charge is 0.176 e. The maximum absolute atomic E-state index is 13.1. The second kappa shape index (κ2) is 5.01. The molecule has 6 heteroatoms. The van der Waals surface area contributed by atoms with Gasteiger partial charge in [0.2, 0.25) is 0 Å². The molecule has 1 atom stereocenters. The second-order valence-corrected chi connectivity index (χ2v) is 3.80. The van der Waals surface area contributed by atoms with Crippen molar-refractivity contribution in [3.05, 3.63) is 41.5 Å². The summed E-state index contributed by atoms with van der Waals surface area (Å²) >= 11 is 0. The molecular formula is C11H14FN5. The van der Waals surface area contributed by atoms with E-state index >= 15 is 0 Å². The Morgan fingerprint density at radius 2 is 2.29 bits per heavy atom. The highest BCUT2D eigenvalue weighted by molar-refractivity contribution is 5.21. The van der Waals surface area contributed by atoms with Gasteiger partial charge in [-0.15, -0.1) is 10.2 Å². The molecule has 90 valence electrons. The average Bonchev–Trinajstić information content (AvgIpc) is 2.72. The highest BCUT2D eigenvalue weighted by Gasteiger charge is 2.13. The number of aromatic nitrogens is 4. The van der Waals surface area contributed by atoms with E-state index in [1.165, 1.54) is 16.9 Å². The molecule has 1 heterocycles. The quantitative estimate of drug-likeness (QED) is 0.853. The van der Waals surface area contributed by atoms with Gasteiger partial charge in [-0.3, -0.25) is 0 Å². The molecule has 1 aromatic carbocycles.